The van der Waals surface area contributed by atoms with Gasteiger partial charge in [0.2, 0.25) is 11.9 Å². The van der Waals surface area contributed by atoms with Crippen LogP contribution in [0.15, 0.2) is 30.7 Å². The Labute approximate surface area is 191 Å². The first-order chi connectivity index (χ1) is 16.3. The van der Waals surface area contributed by atoms with E-state index in [1.165, 1.54) is 10.9 Å². The molecule has 0 unspecified atom stereocenters. The van der Waals surface area contributed by atoms with Gasteiger partial charge >= 0.3 is 0 Å². The minimum Gasteiger partial charge on any atom is -0.377 e. The Morgan fingerprint density at radius 1 is 1.18 bits per heavy atom. The predicted octanol–water partition coefficient (Wildman–Crippen LogP) is 2.83. The van der Waals surface area contributed by atoms with Crippen LogP contribution in [0, 0.1) is 23.3 Å². The van der Waals surface area contributed by atoms with Crippen molar-refractivity contribution in [3.63, 3.8) is 0 Å². The minimum atomic E-state index is -1.11. The zero-order chi connectivity index (χ0) is 24.2. The second-order valence-electron chi connectivity index (χ2n) is 7.65. The molecule has 4 rings (SSSR count). The molecule has 13 heteroatoms. The van der Waals surface area contributed by atoms with E-state index >= 15 is 0 Å². The average molecular weight is 479 g/mol. The summed E-state index contributed by atoms with van der Waals surface area (Å²) in [6, 6.07) is 1.04. The van der Waals surface area contributed by atoms with E-state index in [0.717, 1.165) is 6.20 Å². The van der Waals surface area contributed by atoms with E-state index in [-0.39, 0.29) is 30.3 Å². The number of hydrogen-bond acceptors (Lipinski definition) is 7. The summed E-state index contributed by atoms with van der Waals surface area (Å²) in [6.07, 6.45) is 3.88. The van der Waals surface area contributed by atoms with Crippen LogP contribution in [0.25, 0.3) is 0 Å². The molecule has 1 amide bonds. The molecule has 9 nitrogen and oxygen atoms in total. The van der Waals surface area contributed by atoms with Gasteiger partial charge in [-0.3, -0.25) is 9.48 Å². The Hall–Kier alpha value is -3.74. The van der Waals surface area contributed by atoms with E-state index < -0.39 is 35.4 Å². The Morgan fingerprint density at radius 3 is 2.68 bits per heavy atom. The maximum absolute atomic E-state index is 14.1. The van der Waals surface area contributed by atoms with Gasteiger partial charge in [0.05, 0.1) is 37.3 Å². The molecule has 0 saturated carbocycles. The normalized spacial score (nSPS) is 15.9. The van der Waals surface area contributed by atoms with E-state index in [2.05, 4.69) is 25.7 Å². The molecule has 0 aliphatic carbocycles. The van der Waals surface area contributed by atoms with Gasteiger partial charge in [-0.1, -0.05) is 0 Å². The number of carbonyl (C=O) groups is 1. The maximum Gasteiger partial charge on any atom is 0.244 e. The third-order valence-electron chi connectivity index (χ3n) is 5.16. The SMILES string of the molecule is C[C@@H]1COCCN1C(=O)Cn1cc(Nc2ncc(F)c(NCc3c(F)cc(F)cc3F)n2)cn1. The van der Waals surface area contributed by atoms with Crippen LogP contribution < -0.4 is 10.6 Å². The third-order valence-corrected chi connectivity index (χ3v) is 5.16. The summed E-state index contributed by atoms with van der Waals surface area (Å²) < 4.78 is 61.6. The molecule has 1 aromatic carbocycles. The van der Waals surface area contributed by atoms with Crippen LogP contribution in [0.1, 0.15) is 12.5 Å². The molecule has 3 aromatic rings. The summed E-state index contributed by atoms with van der Waals surface area (Å²) in [5.74, 6) is -4.55. The van der Waals surface area contributed by atoms with Crippen molar-refractivity contribution in [2.24, 2.45) is 0 Å². The lowest BCUT2D eigenvalue weighted by atomic mass is 10.2. The van der Waals surface area contributed by atoms with Gasteiger partial charge < -0.3 is 20.3 Å². The molecule has 2 aromatic heterocycles. The van der Waals surface area contributed by atoms with Gasteiger partial charge in [-0.2, -0.15) is 10.1 Å². The van der Waals surface area contributed by atoms with E-state index in [9.17, 15) is 22.4 Å². The van der Waals surface area contributed by atoms with Crippen molar-refractivity contribution in [1.29, 1.82) is 0 Å². The lowest BCUT2D eigenvalue weighted by Crippen LogP contribution is -2.48. The average Bonchev–Trinajstić information content (AvgIpc) is 3.21. The molecule has 1 aliphatic rings. The second-order valence-corrected chi connectivity index (χ2v) is 7.65. The first-order valence-corrected chi connectivity index (χ1v) is 10.4. The van der Waals surface area contributed by atoms with Gasteiger partial charge in [0.25, 0.3) is 0 Å². The Kier molecular flexibility index (Phi) is 6.91. The molecule has 0 spiro atoms. The van der Waals surface area contributed by atoms with E-state index in [1.807, 2.05) is 6.92 Å². The van der Waals surface area contributed by atoms with Crippen molar-refractivity contribution in [2.45, 2.75) is 26.1 Å². The van der Waals surface area contributed by atoms with Crippen LogP contribution in [-0.2, 0) is 22.6 Å². The monoisotopic (exact) mass is 479 g/mol. The van der Waals surface area contributed by atoms with Gasteiger partial charge in [-0.05, 0) is 6.92 Å². The topological polar surface area (TPSA) is 97.2 Å². The van der Waals surface area contributed by atoms with Crippen LogP contribution in [-0.4, -0.2) is 56.4 Å². The lowest BCUT2D eigenvalue weighted by Gasteiger charge is -2.33. The van der Waals surface area contributed by atoms with Crippen LogP contribution >= 0.6 is 0 Å². The first-order valence-electron chi connectivity index (χ1n) is 10.4. The highest BCUT2D eigenvalue weighted by Gasteiger charge is 2.24. The number of benzene rings is 1. The lowest BCUT2D eigenvalue weighted by molar-refractivity contribution is -0.139. The fraction of sp³-hybridized carbons (Fsp3) is 0.333. The Bertz CT molecular complexity index is 1170. The minimum absolute atomic E-state index is 0.0170. The summed E-state index contributed by atoms with van der Waals surface area (Å²) in [7, 11) is 0. The Morgan fingerprint density at radius 2 is 1.94 bits per heavy atom. The number of morpholine rings is 1. The van der Waals surface area contributed by atoms with E-state index in [0.29, 0.717) is 37.6 Å². The number of nitrogens with one attached hydrogen (secondary N) is 2. The summed E-state index contributed by atoms with van der Waals surface area (Å²) in [5.41, 5.74) is -0.0227. The maximum atomic E-state index is 14.1. The van der Waals surface area contributed by atoms with Crippen molar-refractivity contribution in [2.75, 3.05) is 30.4 Å². The molecule has 2 N–H and O–H groups in total. The predicted molar refractivity (Wildman–Crippen MR) is 113 cm³/mol. The summed E-state index contributed by atoms with van der Waals surface area (Å²) in [4.78, 5) is 22.0. The molecule has 1 atom stereocenters. The summed E-state index contributed by atoms with van der Waals surface area (Å²) >= 11 is 0. The van der Waals surface area contributed by atoms with Crippen molar-refractivity contribution in [1.82, 2.24) is 24.6 Å². The number of aromatic nitrogens is 4. The summed E-state index contributed by atoms with van der Waals surface area (Å²) in [5, 5.41) is 9.44. The number of halogens is 4. The van der Waals surface area contributed by atoms with Crippen LogP contribution in [0.3, 0.4) is 0 Å². The fourth-order valence-electron chi connectivity index (χ4n) is 3.44. The highest BCUT2D eigenvalue weighted by Crippen LogP contribution is 2.20. The standard InChI is InChI=1S/C21H21F4N7O2/c1-12-11-34-3-2-32(12)19(33)10-31-9-14(6-28-31)29-21-27-8-18(25)20(30-21)26-7-15-16(23)4-13(22)5-17(15)24/h4-6,8-9,12H,2-3,7,10-11H2,1H3,(H2,26,27,29,30)/t12-/m1/s1. The van der Waals surface area contributed by atoms with E-state index in [4.69, 9.17) is 4.74 Å². The molecule has 180 valence electrons. The molecule has 3 heterocycles. The van der Waals surface area contributed by atoms with Gasteiger partial charge in [-0.25, -0.2) is 22.5 Å². The second kappa shape index (κ2) is 10.0. The molecular weight excluding hydrogens is 458 g/mol. The smallest absolute Gasteiger partial charge is 0.244 e. The number of anilines is 3. The molecular formula is C21H21F4N7O2. The van der Waals surface area contributed by atoms with Crippen molar-refractivity contribution in [3.05, 3.63) is 59.6 Å². The number of amides is 1. The molecule has 0 radical (unpaired) electrons. The van der Waals surface area contributed by atoms with Crippen molar-refractivity contribution in [3.8, 4) is 0 Å². The van der Waals surface area contributed by atoms with E-state index in [1.54, 1.807) is 11.1 Å². The summed E-state index contributed by atoms with van der Waals surface area (Å²) in [6.45, 7) is 2.95. The number of rotatable bonds is 7. The number of ether oxygens (including phenoxy) is 1. The number of carbonyl (C=O) groups excluding carboxylic acids is 1. The molecule has 0 bridgehead atoms. The quantitative estimate of drug-likeness (QED) is 0.503. The molecule has 1 fully saturated rings. The van der Waals surface area contributed by atoms with Crippen LogP contribution in [0.4, 0.5) is 35.0 Å². The fourth-order valence-corrected chi connectivity index (χ4v) is 3.44. The van der Waals surface area contributed by atoms with Crippen molar-refractivity contribution >= 4 is 23.4 Å². The van der Waals surface area contributed by atoms with Gasteiger partial charge in [0.15, 0.2) is 11.6 Å². The third kappa shape index (κ3) is 5.42. The van der Waals surface area contributed by atoms with Crippen LogP contribution in [0.5, 0.6) is 0 Å². The number of hydrogen-bond donors (Lipinski definition) is 2. The van der Waals surface area contributed by atoms with Gasteiger partial charge in [-0.15, -0.1) is 0 Å². The highest BCUT2D eigenvalue weighted by atomic mass is 19.1. The number of nitrogens with zero attached hydrogens (tertiary/aromatic N) is 5. The van der Waals surface area contributed by atoms with Gasteiger partial charge in [0.1, 0.15) is 24.0 Å². The highest BCUT2D eigenvalue weighted by molar-refractivity contribution is 5.76. The zero-order valence-electron chi connectivity index (χ0n) is 18.1. The molecule has 1 aliphatic heterocycles. The van der Waals surface area contributed by atoms with Crippen molar-refractivity contribution < 1.29 is 27.1 Å². The van der Waals surface area contributed by atoms with Crippen LogP contribution in [0.2, 0.25) is 0 Å². The Balaban J connectivity index is 1.40. The van der Waals surface area contributed by atoms with Gasteiger partial charge in [0, 0.05) is 37.0 Å². The zero-order valence-corrected chi connectivity index (χ0v) is 18.1. The first kappa shape index (κ1) is 23.4. The molecule has 1 saturated heterocycles. The molecule has 34 heavy (non-hydrogen) atoms. The largest absolute Gasteiger partial charge is 0.377 e.